The van der Waals surface area contributed by atoms with Crippen molar-refractivity contribution in [2.24, 2.45) is 5.92 Å². The molecule has 2 heteroatoms. The van der Waals surface area contributed by atoms with Crippen molar-refractivity contribution >= 4 is 0 Å². The van der Waals surface area contributed by atoms with Gasteiger partial charge in [-0.25, -0.2) is 0 Å². The molecule has 0 aliphatic rings. The first-order valence-corrected chi connectivity index (χ1v) is 7.44. The Kier molecular flexibility index (Phi) is 6.48. The van der Waals surface area contributed by atoms with E-state index in [9.17, 15) is 0 Å². The standard InChI is InChI=1S/C16H29NO/c1-6-9-10-14(7-2)16(17-8-3)15-11-12(4)18-13(15)5/h11,14,16-17H,6-10H2,1-5H3. The predicted molar refractivity (Wildman–Crippen MR) is 77.9 cm³/mol. The van der Waals surface area contributed by atoms with Crippen LogP contribution >= 0.6 is 0 Å². The van der Waals surface area contributed by atoms with Crippen molar-refractivity contribution < 1.29 is 4.42 Å². The summed E-state index contributed by atoms with van der Waals surface area (Å²) in [5.74, 6) is 2.81. The van der Waals surface area contributed by atoms with Gasteiger partial charge in [0, 0.05) is 11.6 Å². The molecular formula is C16H29NO. The zero-order valence-electron chi connectivity index (χ0n) is 12.7. The summed E-state index contributed by atoms with van der Waals surface area (Å²) in [6.45, 7) is 11.9. The van der Waals surface area contributed by atoms with E-state index in [2.05, 4.69) is 39.1 Å². The van der Waals surface area contributed by atoms with E-state index in [-0.39, 0.29) is 0 Å². The molecule has 0 spiro atoms. The molecule has 1 aromatic rings. The highest BCUT2D eigenvalue weighted by molar-refractivity contribution is 5.24. The number of hydrogen-bond donors (Lipinski definition) is 1. The van der Waals surface area contributed by atoms with Crippen LogP contribution in [0.3, 0.4) is 0 Å². The Bertz CT molecular complexity index is 343. The lowest BCUT2D eigenvalue weighted by molar-refractivity contribution is 0.324. The SMILES string of the molecule is CCCCC(CC)C(NCC)c1cc(C)oc1C. The summed E-state index contributed by atoms with van der Waals surface area (Å²) in [5.41, 5.74) is 1.36. The third-order valence-electron chi connectivity index (χ3n) is 3.76. The number of furan rings is 1. The zero-order chi connectivity index (χ0) is 13.5. The molecule has 1 aromatic heterocycles. The lowest BCUT2D eigenvalue weighted by atomic mass is 9.87. The lowest BCUT2D eigenvalue weighted by Gasteiger charge is -2.27. The number of hydrogen-bond acceptors (Lipinski definition) is 2. The summed E-state index contributed by atoms with van der Waals surface area (Å²) in [5, 5.41) is 3.65. The zero-order valence-corrected chi connectivity index (χ0v) is 12.7. The van der Waals surface area contributed by atoms with Crippen molar-refractivity contribution in [3.63, 3.8) is 0 Å². The van der Waals surface area contributed by atoms with Crippen molar-refractivity contribution in [1.82, 2.24) is 5.32 Å². The molecule has 0 radical (unpaired) electrons. The van der Waals surface area contributed by atoms with E-state index >= 15 is 0 Å². The first-order valence-electron chi connectivity index (χ1n) is 7.44. The van der Waals surface area contributed by atoms with Gasteiger partial charge in [0.2, 0.25) is 0 Å². The van der Waals surface area contributed by atoms with Crippen molar-refractivity contribution in [2.75, 3.05) is 6.54 Å². The number of unbranched alkanes of at least 4 members (excludes halogenated alkanes) is 1. The van der Waals surface area contributed by atoms with E-state index in [4.69, 9.17) is 4.42 Å². The summed E-state index contributed by atoms with van der Waals surface area (Å²) < 4.78 is 5.70. The fourth-order valence-electron chi connectivity index (χ4n) is 2.78. The Morgan fingerprint density at radius 3 is 2.39 bits per heavy atom. The molecule has 18 heavy (non-hydrogen) atoms. The van der Waals surface area contributed by atoms with Crippen LogP contribution < -0.4 is 5.32 Å². The summed E-state index contributed by atoms with van der Waals surface area (Å²) in [6.07, 6.45) is 5.12. The second kappa shape index (κ2) is 7.63. The van der Waals surface area contributed by atoms with Crippen LogP contribution in [0, 0.1) is 19.8 Å². The van der Waals surface area contributed by atoms with Gasteiger partial charge in [-0.2, -0.15) is 0 Å². The van der Waals surface area contributed by atoms with Gasteiger partial charge in [-0.1, -0.05) is 40.0 Å². The molecule has 2 unspecified atom stereocenters. The van der Waals surface area contributed by atoms with Crippen LogP contribution in [0.4, 0.5) is 0 Å². The highest BCUT2D eigenvalue weighted by atomic mass is 16.3. The molecule has 2 atom stereocenters. The van der Waals surface area contributed by atoms with Crippen LogP contribution in [-0.2, 0) is 0 Å². The Labute approximate surface area is 112 Å². The van der Waals surface area contributed by atoms with Gasteiger partial charge in [0.15, 0.2) is 0 Å². The normalized spacial score (nSPS) is 14.7. The average Bonchev–Trinajstić information content (AvgIpc) is 2.67. The molecular weight excluding hydrogens is 222 g/mol. The van der Waals surface area contributed by atoms with E-state index in [0.29, 0.717) is 12.0 Å². The number of rotatable bonds is 8. The average molecular weight is 251 g/mol. The molecule has 1 N–H and O–H groups in total. The number of nitrogens with one attached hydrogen (secondary N) is 1. The second-order valence-electron chi connectivity index (χ2n) is 5.21. The minimum absolute atomic E-state index is 0.448. The Hall–Kier alpha value is -0.760. The highest BCUT2D eigenvalue weighted by Crippen LogP contribution is 2.32. The lowest BCUT2D eigenvalue weighted by Crippen LogP contribution is -2.28. The largest absolute Gasteiger partial charge is 0.466 e. The monoisotopic (exact) mass is 251 g/mol. The molecule has 0 saturated carbocycles. The van der Waals surface area contributed by atoms with Crippen LogP contribution in [0.1, 0.15) is 69.6 Å². The fraction of sp³-hybridized carbons (Fsp3) is 0.750. The maximum Gasteiger partial charge on any atom is 0.105 e. The van der Waals surface area contributed by atoms with Gasteiger partial charge >= 0.3 is 0 Å². The minimum Gasteiger partial charge on any atom is -0.466 e. The molecule has 1 rings (SSSR count). The molecule has 0 amide bonds. The van der Waals surface area contributed by atoms with Gasteiger partial charge in [-0.15, -0.1) is 0 Å². The summed E-state index contributed by atoms with van der Waals surface area (Å²) in [6, 6.07) is 2.65. The first-order chi connectivity index (χ1) is 8.63. The highest BCUT2D eigenvalue weighted by Gasteiger charge is 2.24. The molecule has 0 aliphatic heterocycles. The van der Waals surface area contributed by atoms with Gasteiger partial charge < -0.3 is 9.73 Å². The topological polar surface area (TPSA) is 25.2 Å². The van der Waals surface area contributed by atoms with Crippen molar-refractivity contribution in [3.05, 3.63) is 23.2 Å². The molecule has 1 heterocycles. The van der Waals surface area contributed by atoms with E-state index < -0.39 is 0 Å². The quantitative estimate of drug-likeness (QED) is 0.720. The number of aryl methyl sites for hydroxylation is 2. The molecule has 0 fully saturated rings. The van der Waals surface area contributed by atoms with E-state index in [0.717, 1.165) is 18.1 Å². The minimum atomic E-state index is 0.448. The summed E-state index contributed by atoms with van der Waals surface area (Å²) in [4.78, 5) is 0. The Morgan fingerprint density at radius 1 is 1.22 bits per heavy atom. The second-order valence-corrected chi connectivity index (χ2v) is 5.21. The molecule has 0 bridgehead atoms. The van der Waals surface area contributed by atoms with Crippen molar-refractivity contribution in [2.45, 2.75) is 66.3 Å². The van der Waals surface area contributed by atoms with Crippen LogP contribution in [0.25, 0.3) is 0 Å². The van der Waals surface area contributed by atoms with Crippen LogP contribution in [0.15, 0.2) is 10.5 Å². The molecule has 0 aromatic carbocycles. The summed E-state index contributed by atoms with van der Waals surface area (Å²) in [7, 11) is 0. The Balaban J connectivity index is 2.88. The third kappa shape index (κ3) is 3.88. The van der Waals surface area contributed by atoms with E-state index in [1.54, 1.807) is 0 Å². The van der Waals surface area contributed by atoms with E-state index in [1.165, 1.54) is 31.2 Å². The van der Waals surface area contributed by atoms with Gasteiger partial charge in [0.1, 0.15) is 11.5 Å². The molecule has 0 aliphatic carbocycles. The van der Waals surface area contributed by atoms with Crippen LogP contribution in [0.5, 0.6) is 0 Å². The smallest absolute Gasteiger partial charge is 0.105 e. The van der Waals surface area contributed by atoms with Gasteiger partial charge in [-0.05, 0) is 38.8 Å². The maximum atomic E-state index is 5.70. The van der Waals surface area contributed by atoms with Gasteiger partial charge in [-0.3, -0.25) is 0 Å². The van der Waals surface area contributed by atoms with Crippen LogP contribution in [0.2, 0.25) is 0 Å². The van der Waals surface area contributed by atoms with Crippen molar-refractivity contribution in [1.29, 1.82) is 0 Å². The van der Waals surface area contributed by atoms with Gasteiger partial charge in [0.25, 0.3) is 0 Å². The third-order valence-corrected chi connectivity index (χ3v) is 3.76. The van der Waals surface area contributed by atoms with Crippen LogP contribution in [-0.4, -0.2) is 6.54 Å². The predicted octanol–water partition coefficient (Wildman–Crippen LogP) is 4.76. The maximum absolute atomic E-state index is 5.70. The molecule has 2 nitrogen and oxygen atoms in total. The fourth-order valence-corrected chi connectivity index (χ4v) is 2.78. The summed E-state index contributed by atoms with van der Waals surface area (Å²) >= 11 is 0. The van der Waals surface area contributed by atoms with Gasteiger partial charge in [0.05, 0.1) is 0 Å². The molecule has 104 valence electrons. The first kappa shape index (κ1) is 15.3. The molecule has 0 saturated heterocycles. The Morgan fingerprint density at radius 2 is 1.94 bits per heavy atom. The van der Waals surface area contributed by atoms with Crippen molar-refractivity contribution in [3.8, 4) is 0 Å². The van der Waals surface area contributed by atoms with E-state index in [1.807, 2.05) is 6.92 Å².